The van der Waals surface area contributed by atoms with Crippen molar-refractivity contribution in [1.29, 1.82) is 0 Å². The minimum atomic E-state index is -0.344. The maximum atomic E-state index is 13.8. The van der Waals surface area contributed by atoms with E-state index in [2.05, 4.69) is 25.2 Å². The molecule has 1 amide bonds. The van der Waals surface area contributed by atoms with Crippen molar-refractivity contribution in [2.24, 2.45) is 0 Å². The van der Waals surface area contributed by atoms with Gasteiger partial charge in [-0.3, -0.25) is 4.79 Å². The normalized spacial score (nSPS) is 12.1. The van der Waals surface area contributed by atoms with Crippen LogP contribution in [0.3, 0.4) is 0 Å². The van der Waals surface area contributed by atoms with Gasteiger partial charge < -0.3 is 10.1 Å². The predicted octanol–water partition coefficient (Wildman–Crippen LogP) is 6.03. The highest BCUT2D eigenvalue weighted by Crippen LogP contribution is 2.32. The van der Waals surface area contributed by atoms with Gasteiger partial charge >= 0.3 is 0 Å². The monoisotopic (exact) mass is 423 g/mol. The van der Waals surface area contributed by atoms with Gasteiger partial charge in [0, 0.05) is 10.8 Å². The Hall–Kier alpha value is -1.72. The highest BCUT2D eigenvalue weighted by molar-refractivity contribution is 7.99. The highest BCUT2D eigenvalue weighted by atomic mass is 35.5. The van der Waals surface area contributed by atoms with E-state index < -0.39 is 0 Å². The number of aryl methyl sites for hydroxylation is 1. The molecule has 0 aromatic heterocycles. The molecule has 1 N–H and O–H groups in total. The lowest BCUT2D eigenvalue weighted by molar-refractivity contribution is -0.119. The van der Waals surface area contributed by atoms with Crippen LogP contribution in [0.2, 0.25) is 5.02 Å². The Morgan fingerprint density at radius 3 is 2.54 bits per heavy atom. The van der Waals surface area contributed by atoms with Crippen molar-refractivity contribution in [2.45, 2.75) is 45.4 Å². The number of carbonyl (C=O) groups excluding carboxylic acids is 1. The van der Waals surface area contributed by atoms with Crippen molar-refractivity contribution >= 4 is 29.3 Å². The SMILES string of the molecule is COc1cc(C)c(C(C)NC(=O)CSCc2ccc(Cl)cc2F)cc1C(C)C. The summed E-state index contributed by atoms with van der Waals surface area (Å²) in [5.41, 5.74) is 3.82. The number of hydrogen-bond donors (Lipinski definition) is 1. The third-order valence-corrected chi connectivity index (χ3v) is 5.81. The third kappa shape index (κ3) is 5.89. The van der Waals surface area contributed by atoms with Crippen molar-refractivity contribution in [2.75, 3.05) is 12.9 Å². The number of nitrogens with one attached hydrogen (secondary N) is 1. The maximum absolute atomic E-state index is 13.8. The molecule has 0 saturated heterocycles. The molecule has 0 aliphatic rings. The van der Waals surface area contributed by atoms with E-state index in [0.29, 0.717) is 22.3 Å². The molecule has 152 valence electrons. The lowest BCUT2D eigenvalue weighted by Crippen LogP contribution is -2.28. The van der Waals surface area contributed by atoms with Gasteiger partial charge in [-0.2, -0.15) is 0 Å². The highest BCUT2D eigenvalue weighted by Gasteiger charge is 2.17. The van der Waals surface area contributed by atoms with E-state index in [0.717, 1.165) is 22.4 Å². The molecule has 0 spiro atoms. The summed E-state index contributed by atoms with van der Waals surface area (Å²) in [7, 11) is 1.67. The summed E-state index contributed by atoms with van der Waals surface area (Å²) in [6.07, 6.45) is 0. The first kappa shape index (κ1) is 22.6. The summed E-state index contributed by atoms with van der Waals surface area (Å²) < 4.78 is 19.3. The Kier molecular flexibility index (Phi) is 8.20. The summed E-state index contributed by atoms with van der Waals surface area (Å²) in [4.78, 5) is 12.3. The molecule has 0 bridgehead atoms. The molecule has 0 aliphatic heterocycles. The Bertz CT molecular complexity index is 842. The van der Waals surface area contributed by atoms with Crippen molar-refractivity contribution < 1.29 is 13.9 Å². The zero-order valence-corrected chi connectivity index (χ0v) is 18.5. The molecule has 28 heavy (non-hydrogen) atoms. The van der Waals surface area contributed by atoms with Crippen molar-refractivity contribution in [3.05, 3.63) is 63.4 Å². The van der Waals surface area contributed by atoms with Gasteiger partial charge in [0.1, 0.15) is 11.6 Å². The number of hydrogen-bond acceptors (Lipinski definition) is 3. The van der Waals surface area contributed by atoms with Gasteiger partial charge in [-0.15, -0.1) is 11.8 Å². The summed E-state index contributed by atoms with van der Waals surface area (Å²) >= 11 is 7.14. The zero-order valence-electron chi connectivity index (χ0n) is 16.9. The molecule has 0 heterocycles. The first-order chi connectivity index (χ1) is 13.2. The Balaban J connectivity index is 1.97. The van der Waals surface area contributed by atoms with Gasteiger partial charge in [-0.1, -0.05) is 31.5 Å². The first-order valence-corrected chi connectivity index (χ1v) is 10.8. The predicted molar refractivity (Wildman–Crippen MR) is 116 cm³/mol. The fraction of sp³-hybridized carbons (Fsp3) is 0.409. The van der Waals surface area contributed by atoms with Gasteiger partial charge in [-0.25, -0.2) is 4.39 Å². The van der Waals surface area contributed by atoms with E-state index in [1.165, 1.54) is 17.8 Å². The summed E-state index contributed by atoms with van der Waals surface area (Å²) in [5, 5.41) is 3.40. The van der Waals surface area contributed by atoms with Crippen molar-refractivity contribution in [3.63, 3.8) is 0 Å². The third-order valence-electron chi connectivity index (χ3n) is 4.59. The van der Waals surface area contributed by atoms with E-state index in [1.807, 2.05) is 19.9 Å². The Morgan fingerprint density at radius 1 is 1.21 bits per heavy atom. The van der Waals surface area contributed by atoms with E-state index in [4.69, 9.17) is 16.3 Å². The van der Waals surface area contributed by atoms with Crippen LogP contribution in [-0.2, 0) is 10.5 Å². The molecule has 1 atom stereocenters. The number of thioether (sulfide) groups is 1. The zero-order chi connectivity index (χ0) is 20.8. The number of halogens is 2. The smallest absolute Gasteiger partial charge is 0.230 e. The largest absolute Gasteiger partial charge is 0.496 e. The number of benzene rings is 2. The first-order valence-electron chi connectivity index (χ1n) is 9.22. The van der Waals surface area contributed by atoms with Crippen LogP contribution >= 0.6 is 23.4 Å². The Labute approximate surface area is 176 Å². The van der Waals surface area contributed by atoms with Crippen LogP contribution in [0, 0.1) is 12.7 Å². The lowest BCUT2D eigenvalue weighted by Gasteiger charge is -2.21. The minimum Gasteiger partial charge on any atom is -0.496 e. The molecule has 2 rings (SSSR count). The van der Waals surface area contributed by atoms with Gasteiger partial charge in [0.05, 0.1) is 18.9 Å². The topological polar surface area (TPSA) is 38.3 Å². The lowest BCUT2D eigenvalue weighted by atomic mass is 9.93. The molecular weight excluding hydrogens is 397 g/mol. The minimum absolute atomic E-state index is 0.0758. The quantitative estimate of drug-likeness (QED) is 0.563. The van der Waals surface area contributed by atoms with E-state index in [9.17, 15) is 9.18 Å². The summed E-state index contributed by atoms with van der Waals surface area (Å²) in [5.74, 6) is 1.46. The van der Waals surface area contributed by atoms with Crippen molar-refractivity contribution in [3.8, 4) is 5.75 Å². The second-order valence-corrected chi connectivity index (χ2v) is 8.55. The molecule has 1 unspecified atom stereocenters. The number of rotatable bonds is 8. The summed E-state index contributed by atoms with van der Waals surface area (Å²) in [6.45, 7) is 8.22. The molecule has 0 radical (unpaired) electrons. The molecule has 6 heteroatoms. The van der Waals surface area contributed by atoms with Gasteiger partial charge in [-0.05, 0) is 66.3 Å². The van der Waals surface area contributed by atoms with Gasteiger partial charge in [0.25, 0.3) is 0 Å². The molecule has 3 nitrogen and oxygen atoms in total. The van der Waals surface area contributed by atoms with Crippen LogP contribution in [-0.4, -0.2) is 18.8 Å². The van der Waals surface area contributed by atoms with Crippen LogP contribution in [0.25, 0.3) is 0 Å². The summed E-state index contributed by atoms with van der Waals surface area (Å²) in [6, 6.07) is 8.61. The number of amides is 1. The van der Waals surface area contributed by atoms with E-state index in [1.54, 1.807) is 19.2 Å². The van der Waals surface area contributed by atoms with E-state index >= 15 is 0 Å². The maximum Gasteiger partial charge on any atom is 0.230 e. The van der Waals surface area contributed by atoms with Crippen molar-refractivity contribution in [1.82, 2.24) is 5.32 Å². The number of carbonyl (C=O) groups is 1. The van der Waals surface area contributed by atoms with Gasteiger partial charge in [0.2, 0.25) is 5.91 Å². The average molecular weight is 424 g/mol. The van der Waals surface area contributed by atoms with Crippen LogP contribution in [0.15, 0.2) is 30.3 Å². The molecule has 2 aromatic rings. The molecular formula is C22H27ClFNO2S. The Morgan fingerprint density at radius 2 is 1.93 bits per heavy atom. The van der Waals surface area contributed by atoms with Crippen LogP contribution < -0.4 is 10.1 Å². The van der Waals surface area contributed by atoms with Crippen LogP contribution in [0.4, 0.5) is 4.39 Å². The second-order valence-electron chi connectivity index (χ2n) is 7.12. The average Bonchev–Trinajstić information content (AvgIpc) is 2.62. The molecule has 0 aliphatic carbocycles. The second kappa shape index (κ2) is 10.2. The molecule has 0 fully saturated rings. The number of ether oxygens (including phenoxy) is 1. The fourth-order valence-corrected chi connectivity index (χ4v) is 4.05. The van der Waals surface area contributed by atoms with E-state index in [-0.39, 0.29) is 23.5 Å². The molecule has 2 aromatic carbocycles. The molecule has 0 saturated carbocycles. The van der Waals surface area contributed by atoms with Crippen LogP contribution in [0.5, 0.6) is 5.75 Å². The fourth-order valence-electron chi connectivity index (χ4n) is 3.06. The number of methoxy groups -OCH3 is 1. The van der Waals surface area contributed by atoms with Gasteiger partial charge in [0.15, 0.2) is 0 Å². The standard InChI is InChI=1S/C22H27ClFNO2S/c1-13(2)18-10-19(14(3)8-21(18)27-5)15(4)25-22(26)12-28-11-16-6-7-17(23)9-20(16)24/h6-10,13,15H,11-12H2,1-5H3,(H,25,26). The van der Waals surface area contributed by atoms with Crippen LogP contribution in [0.1, 0.15) is 55.0 Å².